The number of rotatable bonds is 1. The van der Waals surface area contributed by atoms with Crippen molar-refractivity contribution in [2.75, 3.05) is 7.11 Å². The van der Waals surface area contributed by atoms with Gasteiger partial charge in [0.1, 0.15) is 5.60 Å². The molecule has 1 heterocycles. The third kappa shape index (κ3) is 1.88. The van der Waals surface area contributed by atoms with Crippen molar-refractivity contribution in [1.29, 1.82) is 0 Å². The maximum absolute atomic E-state index is 11.8. The van der Waals surface area contributed by atoms with E-state index < -0.39 is 5.60 Å². The van der Waals surface area contributed by atoms with Gasteiger partial charge in [-0.15, -0.1) is 0 Å². The quantitative estimate of drug-likeness (QED) is 0.522. The lowest BCUT2D eigenvalue weighted by Crippen LogP contribution is -2.44. The highest BCUT2D eigenvalue weighted by Gasteiger charge is 2.75. The first-order valence-electron chi connectivity index (χ1n) is 6.35. The molecule has 0 aromatic heterocycles. The van der Waals surface area contributed by atoms with Crippen molar-refractivity contribution in [2.24, 2.45) is 10.8 Å². The average molecular weight is 240 g/mol. The summed E-state index contributed by atoms with van der Waals surface area (Å²) < 4.78 is 10.8. The number of epoxide rings is 1. The predicted octanol–water partition coefficient (Wildman–Crippen LogP) is 2.92. The lowest BCUT2D eigenvalue weighted by atomic mass is 9.59. The maximum Gasteiger partial charge on any atom is 0.340 e. The van der Waals surface area contributed by atoms with Crippen molar-refractivity contribution in [2.45, 2.75) is 65.1 Å². The zero-order valence-electron chi connectivity index (χ0n) is 11.8. The summed E-state index contributed by atoms with van der Waals surface area (Å²) in [7, 11) is 1.43. The highest BCUT2D eigenvalue weighted by Crippen LogP contribution is 2.64. The van der Waals surface area contributed by atoms with Crippen molar-refractivity contribution in [3.63, 3.8) is 0 Å². The van der Waals surface area contributed by atoms with E-state index in [1.54, 1.807) is 0 Å². The Kier molecular flexibility index (Phi) is 2.46. The highest BCUT2D eigenvalue weighted by molar-refractivity contribution is 5.84. The van der Waals surface area contributed by atoms with Gasteiger partial charge in [-0.25, -0.2) is 4.79 Å². The van der Waals surface area contributed by atoms with Crippen LogP contribution in [-0.2, 0) is 14.3 Å². The molecule has 0 aromatic carbocycles. The minimum Gasteiger partial charge on any atom is -0.467 e. The molecular formula is C14H24O3. The monoisotopic (exact) mass is 240 g/mol. The fourth-order valence-electron chi connectivity index (χ4n) is 4.23. The molecule has 1 atom stereocenters. The molecule has 3 nitrogen and oxygen atoms in total. The number of carbonyl (C=O) groups is 1. The Bertz CT molecular complexity index is 340. The van der Waals surface area contributed by atoms with Gasteiger partial charge in [0.15, 0.2) is 5.60 Å². The van der Waals surface area contributed by atoms with Gasteiger partial charge >= 0.3 is 5.97 Å². The van der Waals surface area contributed by atoms with E-state index in [9.17, 15) is 4.79 Å². The van der Waals surface area contributed by atoms with Gasteiger partial charge in [0.2, 0.25) is 0 Å². The van der Waals surface area contributed by atoms with Crippen LogP contribution in [0.4, 0.5) is 0 Å². The molecule has 2 rings (SSSR count). The van der Waals surface area contributed by atoms with Crippen LogP contribution in [0, 0.1) is 10.8 Å². The SMILES string of the molecule is COC(=O)C1(C)OC12CC(C)(C)CC(C)(C)C2. The van der Waals surface area contributed by atoms with E-state index in [0.717, 1.165) is 12.8 Å². The Morgan fingerprint density at radius 1 is 1.00 bits per heavy atom. The number of ether oxygens (including phenoxy) is 2. The number of hydrogen-bond donors (Lipinski definition) is 0. The van der Waals surface area contributed by atoms with Crippen LogP contribution in [0.15, 0.2) is 0 Å². The van der Waals surface area contributed by atoms with Gasteiger partial charge in [-0.2, -0.15) is 0 Å². The molecule has 1 aliphatic heterocycles. The average Bonchev–Trinajstić information content (AvgIpc) is 2.63. The van der Waals surface area contributed by atoms with E-state index in [1.165, 1.54) is 13.5 Å². The fraction of sp³-hybridized carbons (Fsp3) is 0.929. The van der Waals surface area contributed by atoms with Crippen LogP contribution in [0.1, 0.15) is 53.9 Å². The minimum atomic E-state index is -0.725. The van der Waals surface area contributed by atoms with E-state index in [2.05, 4.69) is 27.7 Å². The Labute approximate surface area is 104 Å². The fourth-order valence-corrected chi connectivity index (χ4v) is 4.23. The molecule has 1 unspecified atom stereocenters. The Morgan fingerprint density at radius 3 is 1.88 bits per heavy atom. The zero-order chi connectivity index (χ0) is 13.1. The molecule has 17 heavy (non-hydrogen) atoms. The number of esters is 1. The van der Waals surface area contributed by atoms with E-state index in [-0.39, 0.29) is 22.4 Å². The third-order valence-electron chi connectivity index (χ3n) is 4.29. The molecule has 0 bridgehead atoms. The Morgan fingerprint density at radius 2 is 1.47 bits per heavy atom. The summed E-state index contributed by atoms with van der Waals surface area (Å²) in [5.74, 6) is -0.231. The summed E-state index contributed by atoms with van der Waals surface area (Å²) >= 11 is 0. The van der Waals surface area contributed by atoms with Crippen LogP contribution >= 0.6 is 0 Å². The summed E-state index contributed by atoms with van der Waals surface area (Å²) in [6.45, 7) is 10.9. The van der Waals surface area contributed by atoms with Crippen LogP contribution in [0.5, 0.6) is 0 Å². The summed E-state index contributed by atoms with van der Waals surface area (Å²) in [5, 5.41) is 0. The van der Waals surface area contributed by atoms with Crippen LogP contribution in [0.25, 0.3) is 0 Å². The molecular weight excluding hydrogens is 216 g/mol. The molecule has 1 saturated heterocycles. The number of methoxy groups -OCH3 is 1. The van der Waals surface area contributed by atoms with Gasteiger partial charge in [0, 0.05) is 0 Å². The topological polar surface area (TPSA) is 38.8 Å². The van der Waals surface area contributed by atoms with Crippen LogP contribution in [0.2, 0.25) is 0 Å². The molecule has 0 aromatic rings. The first kappa shape index (κ1) is 12.9. The van der Waals surface area contributed by atoms with Crippen LogP contribution in [-0.4, -0.2) is 24.3 Å². The highest BCUT2D eigenvalue weighted by atomic mass is 16.7. The van der Waals surface area contributed by atoms with Gasteiger partial charge in [0.05, 0.1) is 7.11 Å². The Hall–Kier alpha value is -0.570. The minimum absolute atomic E-state index is 0.216. The van der Waals surface area contributed by atoms with E-state index in [4.69, 9.17) is 9.47 Å². The Balaban J connectivity index is 2.27. The van der Waals surface area contributed by atoms with Gasteiger partial charge in [-0.05, 0) is 37.0 Å². The second-order valence-electron chi connectivity index (χ2n) is 7.48. The second kappa shape index (κ2) is 3.25. The first-order chi connectivity index (χ1) is 7.56. The lowest BCUT2D eigenvalue weighted by Gasteiger charge is -2.44. The second-order valence-corrected chi connectivity index (χ2v) is 7.48. The normalized spacial score (nSPS) is 36.6. The largest absolute Gasteiger partial charge is 0.467 e. The summed E-state index contributed by atoms with van der Waals surface area (Å²) in [6.07, 6.45) is 3.05. The van der Waals surface area contributed by atoms with Crippen molar-refractivity contribution in [3.05, 3.63) is 0 Å². The predicted molar refractivity (Wildman–Crippen MR) is 65.7 cm³/mol. The summed E-state index contributed by atoms with van der Waals surface area (Å²) in [4.78, 5) is 11.8. The van der Waals surface area contributed by atoms with Crippen LogP contribution < -0.4 is 0 Å². The molecule has 0 radical (unpaired) electrons. The van der Waals surface area contributed by atoms with Crippen LogP contribution in [0.3, 0.4) is 0 Å². The molecule has 98 valence electrons. The standard InChI is InChI=1S/C14H24O3/c1-11(2)7-12(3,4)9-14(8-11)13(5,17-14)10(15)16-6/h7-9H2,1-6H3. The van der Waals surface area contributed by atoms with E-state index in [1.807, 2.05) is 6.92 Å². The maximum atomic E-state index is 11.8. The number of carbonyl (C=O) groups excluding carboxylic acids is 1. The third-order valence-corrected chi connectivity index (χ3v) is 4.29. The summed E-state index contributed by atoms with van der Waals surface area (Å²) in [6, 6.07) is 0. The van der Waals surface area contributed by atoms with Crippen molar-refractivity contribution < 1.29 is 14.3 Å². The van der Waals surface area contributed by atoms with Gasteiger partial charge < -0.3 is 9.47 Å². The van der Waals surface area contributed by atoms with Crippen molar-refractivity contribution >= 4 is 5.97 Å². The molecule has 1 aliphatic carbocycles. The lowest BCUT2D eigenvalue weighted by molar-refractivity contribution is -0.146. The van der Waals surface area contributed by atoms with Gasteiger partial charge in [-0.3, -0.25) is 0 Å². The molecule has 1 spiro atoms. The molecule has 3 heteroatoms. The summed E-state index contributed by atoms with van der Waals surface area (Å²) in [5.41, 5.74) is -0.594. The number of hydrogen-bond acceptors (Lipinski definition) is 3. The van der Waals surface area contributed by atoms with Crippen molar-refractivity contribution in [1.82, 2.24) is 0 Å². The first-order valence-corrected chi connectivity index (χ1v) is 6.35. The van der Waals surface area contributed by atoms with Crippen molar-refractivity contribution in [3.8, 4) is 0 Å². The molecule has 2 fully saturated rings. The smallest absolute Gasteiger partial charge is 0.340 e. The molecule has 2 aliphatic rings. The molecule has 1 saturated carbocycles. The zero-order valence-corrected chi connectivity index (χ0v) is 11.8. The van der Waals surface area contributed by atoms with E-state index >= 15 is 0 Å². The molecule has 0 amide bonds. The van der Waals surface area contributed by atoms with Gasteiger partial charge in [-0.1, -0.05) is 27.7 Å². The van der Waals surface area contributed by atoms with E-state index in [0.29, 0.717) is 0 Å². The molecule has 0 N–H and O–H groups in total. The van der Waals surface area contributed by atoms with Gasteiger partial charge in [0.25, 0.3) is 0 Å².